The molecule has 3 aromatic rings. The number of carbonyl (C=O) groups excluding carboxylic acids is 1. The van der Waals surface area contributed by atoms with Crippen molar-refractivity contribution < 1.29 is 24.2 Å². The molecule has 1 amide bonds. The quantitative estimate of drug-likeness (QED) is 0.458. The molecule has 2 aromatic carbocycles. The highest BCUT2D eigenvalue weighted by Gasteiger charge is 2.25. The number of nitriles is 1. The Morgan fingerprint density at radius 1 is 1.24 bits per heavy atom. The zero-order chi connectivity index (χ0) is 24.1. The SMILES string of the molecule is N#Cc1ccc(Oc2ncc(C(=O)NC3CCCc4c(OCC(=O)O)cccc43)cc2Br)cc1. The van der Waals surface area contributed by atoms with E-state index in [1.807, 2.05) is 12.1 Å². The number of fused-ring (bicyclic) bond motifs is 1. The third-order valence-corrected chi connectivity index (χ3v) is 5.96. The van der Waals surface area contributed by atoms with Gasteiger partial charge < -0.3 is 19.9 Å². The number of rotatable bonds is 7. The largest absolute Gasteiger partial charge is 0.482 e. The molecular weight excluding hydrogens is 502 g/mol. The minimum atomic E-state index is -1.04. The number of aliphatic carboxylic acids is 1. The fourth-order valence-electron chi connectivity index (χ4n) is 3.82. The number of aromatic nitrogens is 1. The summed E-state index contributed by atoms with van der Waals surface area (Å²) >= 11 is 3.41. The number of pyridine rings is 1. The van der Waals surface area contributed by atoms with Crippen molar-refractivity contribution in [2.24, 2.45) is 0 Å². The normalized spacial score (nSPS) is 14.4. The van der Waals surface area contributed by atoms with E-state index in [0.717, 1.165) is 30.4 Å². The Bertz CT molecular complexity index is 1270. The lowest BCUT2D eigenvalue weighted by molar-refractivity contribution is -0.139. The van der Waals surface area contributed by atoms with Gasteiger partial charge in [0.2, 0.25) is 5.88 Å². The Hall–Kier alpha value is -3.90. The van der Waals surface area contributed by atoms with Crippen LogP contribution in [0.15, 0.2) is 59.2 Å². The molecular formula is C25H20BrN3O5. The minimum Gasteiger partial charge on any atom is -0.482 e. The molecule has 1 aliphatic rings. The highest BCUT2D eigenvalue weighted by Crippen LogP contribution is 2.36. The number of nitrogens with one attached hydrogen (secondary N) is 1. The van der Waals surface area contributed by atoms with Crippen molar-refractivity contribution in [1.29, 1.82) is 5.26 Å². The van der Waals surface area contributed by atoms with Crippen molar-refractivity contribution in [2.45, 2.75) is 25.3 Å². The van der Waals surface area contributed by atoms with Crippen LogP contribution < -0.4 is 14.8 Å². The molecule has 8 nitrogen and oxygen atoms in total. The summed E-state index contributed by atoms with van der Waals surface area (Å²) < 4.78 is 11.7. The van der Waals surface area contributed by atoms with Crippen molar-refractivity contribution in [3.8, 4) is 23.4 Å². The number of hydrogen-bond donors (Lipinski definition) is 2. The third kappa shape index (κ3) is 5.35. The zero-order valence-corrected chi connectivity index (χ0v) is 19.5. The molecule has 0 bridgehead atoms. The van der Waals surface area contributed by atoms with Gasteiger partial charge in [-0.25, -0.2) is 9.78 Å². The van der Waals surface area contributed by atoms with Gasteiger partial charge in [-0.3, -0.25) is 4.79 Å². The summed E-state index contributed by atoms with van der Waals surface area (Å²) in [5.41, 5.74) is 2.74. The summed E-state index contributed by atoms with van der Waals surface area (Å²) in [7, 11) is 0. The lowest BCUT2D eigenvalue weighted by Crippen LogP contribution is -2.31. The van der Waals surface area contributed by atoms with Crippen LogP contribution in [0, 0.1) is 11.3 Å². The maximum Gasteiger partial charge on any atom is 0.341 e. The Morgan fingerprint density at radius 2 is 2.03 bits per heavy atom. The minimum absolute atomic E-state index is 0.224. The molecule has 4 rings (SSSR count). The number of benzene rings is 2. The van der Waals surface area contributed by atoms with Gasteiger partial charge in [-0.2, -0.15) is 5.26 Å². The van der Waals surface area contributed by atoms with Crippen molar-refractivity contribution in [3.05, 3.63) is 81.5 Å². The molecule has 0 saturated heterocycles. The molecule has 9 heteroatoms. The summed E-state index contributed by atoms with van der Waals surface area (Å²) in [6.07, 6.45) is 3.79. The molecule has 34 heavy (non-hydrogen) atoms. The van der Waals surface area contributed by atoms with Crippen molar-refractivity contribution in [3.63, 3.8) is 0 Å². The number of carboxylic acids is 1. The summed E-state index contributed by atoms with van der Waals surface area (Å²) in [6, 6.07) is 15.6. The van der Waals surface area contributed by atoms with Crippen LogP contribution in [0.25, 0.3) is 0 Å². The summed E-state index contributed by atoms with van der Waals surface area (Å²) in [4.78, 5) is 28.1. The number of hydrogen-bond acceptors (Lipinski definition) is 6. The van der Waals surface area contributed by atoms with E-state index in [2.05, 4.69) is 26.2 Å². The van der Waals surface area contributed by atoms with E-state index in [0.29, 0.717) is 33.0 Å². The van der Waals surface area contributed by atoms with Crippen LogP contribution >= 0.6 is 15.9 Å². The lowest BCUT2D eigenvalue weighted by Gasteiger charge is -2.28. The van der Waals surface area contributed by atoms with Gasteiger partial charge in [-0.1, -0.05) is 12.1 Å². The summed E-state index contributed by atoms with van der Waals surface area (Å²) in [6.45, 7) is -0.413. The Labute approximate surface area is 204 Å². The van der Waals surface area contributed by atoms with E-state index < -0.39 is 12.6 Å². The topological polar surface area (TPSA) is 122 Å². The van der Waals surface area contributed by atoms with E-state index in [1.165, 1.54) is 6.20 Å². The predicted octanol–water partition coefficient (Wildman–Crippen LogP) is 4.78. The summed E-state index contributed by atoms with van der Waals surface area (Å²) in [5.74, 6) is 0.0250. The maximum absolute atomic E-state index is 13.0. The second-order valence-corrected chi connectivity index (χ2v) is 8.53. The van der Waals surface area contributed by atoms with Gasteiger partial charge in [0.05, 0.1) is 27.7 Å². The molecule has 1 aromatic heterocycles. The number of ether oxygens (including phenoxy) is 2. The Balaban J connectivity index is 1.47. The van der Waals surface area contributed by atoms with E-state index in [4.69, 9.17) is 19.8 Å². The molecule has 0 spiro atoms. The molecule has 1 unspecified atom stereocenters. The van der Waals surface area contributed by atoms with E-state index in [-0.39, 0.29) is 11.9 Å². The van der Waals surface area contributed by atoms with Gasteiger partial charge in [-0.05, 0) is 82.7 Å². The monoisotopic (exact) mass is 521 g/mol. The van der Waals surface area contributed by atoms with Crippen LogP contribution in [0.5, 0.6) is 17.4 Å². The molecule has 0 aliphatic heterocycles. The highest BCUT2D eigenvalue weighted by atomic mass is 79.9. The molecule has 1 atom stereocenters. The van der Waals surface area contributed by atoms with Gasteiger partial charge >= 0.3 is 5.97 Å². The zero-order valence-electron chi connectivity index (χ0n) is 18.0. The van der Waals surface area contributed by atoms with E-state index in [1.54, 1.807) is 42.5 Å². The Kier molecular flexibility index (Phi) is 7.09. The van der Waals surface area contributed by atoms with Crippen molar-refractivity contribution in [2.75, 3.05) is 6.61 Å². The first-order valence-electron chi connectivity index (χ1n) is 10.6. The number of amides is 1. The van der Waals surface area contributed by atoms with Crippen molar-refractivity contribution >= 4 is 27.8 Å². The number of nitrogens with zero attached hydrogens (tertiary/aromatic N) is 2. The van der Waals surface area contributed by atoms with Crippen LogP contribution in [0.3, 0.4) is 0 Å². The molecule has 0 fully saturated rings. The maximum atomic E-state index is 13.0. The van der Waals surface area contributed by atoms with Crippen LogP contribution in [0.4, 0.5) is 0 Å². The molecule has 172 valence electrons. The lowest BCUT2D eigenvalue weighted by atomic mass is 9.87. The van der Waals surface area contributed by atoms with Gasteiger partial charge in [0, 0.05) is 6.20 Å². The average molecular weight is 522 g/mol. The second-order valence-electron chi connectivity index (χ2n) is 7.67. The van der Waals surface area contributed by atoms with Gasteiger partial charge in [0.25, 0.3) is 5.91 Å². The van der Waals surface area contributed by atoms with Gasteiger partial charge in [0.15, 0.2) is 6.61 Å². The number of carbonyl (C=O) groups is 2. The van der Waals surface area contributed by atoms with Crippen LogP contribution in [-0.4, -0.2) is 28.6 Å². The van der Waals surface area contributed by atoms with Crippen LogP contribution in [0.1, 0.15) is 45.9 Å². The Morgan fingerprint density at radius 3 is 2.74 bits per heavy atom. The summed E-state index contributed by atoms with van der Waals surface area (Å²) in [5, 5.41) is 20.9. The molecule has 1 aliphatic carbocycles. The average Bonchev–Trinajstić information content (AvgIpc) is 2.84. The van der Waals surface area contributed by atoms with Gasteiger partial charge in [0.1, 0.15) is 11.5 Å². The molecule has 2 N–H and O–H groups in total. The van der Waals surface area contributed by atoms with Gasteiger partial charge in [-0.15, -0.1) is 0 Å². The smallest absolute Gasteiger partial charge is 0.341 e. The molecule has 0 saturated carbocycles. The second kappa shape index (κ2) is 10.4. The fourth-order valence-corrected chi connectivity index (χ4v) is 4.25. The highest BCUT2D eigenvalue weighted by molar-refractivity contribution is 9.10. The molecule has 0 radical (unpaired) electrons. The van der Waals surface area contributed by atoms with Crippen LogP contribution in [-0.2, 0) is 11.2 Å². The third-order valence-electron chi connectivity index (χ3n) is 5.39. The first kappa shape index (κ1) is 23.3. The first-order valence-corrected chi connectivity index (χ1v) is 11.3. The number of halogens is 1. The van der Waals surface area contributed by atoms with E-state index in [9.17, 15) is 9.59 Å². The molecule has 1 heterocycles. The van der Waals surface area contributed by atoms with Crippen LogP contribution in [0.2, 0.25) is 0 Å². The predicted molar refractivity (Wildman–Crippen MR) is 126 cm³/mol. The first-order chi connectivity index (χ1) is 16.4. The number of carboxylic acid groups (broad SMARTS) is 1. The van der Waals surface area contributed by atoms with Crippen molar-refractivity contribution in [1.82, 2.24) is 10.3 Å². The van der Waals surface area contributed by atoms with E-state index >= 15 is 0 Å². The standard InChI is InChI=1S/C25H20BrN3O5/c26-20-11-16(13-28-25(20)34-17-9-7-15(12-27)8-10-17)24(32)29-21-5-1-4-19-18(21)3-2-6-22(19)33-14-23(30)31/h2-3,6-11,13,21H,1,4-5,14H2,(H,29,32)(H,30,31). The fraction of sp³-hybridized carbons (Fsp3) is 0.200.